The average molecular weight is 377 g/mol. The van der Waals surface area contributed by atoms with Crippen LogP contribution in [-0.2, 0) is 11.2 Å². The second kappa shape index (κ2) is 7.58. The molecule has 2 heterocycles. The van der Waals surface area contributed by atoms with Crippen LogP contribution in [0.4, 0.5) is 5.69 Å². The van der Waals surface area contributed by atoms with E-state index in [1.807, 2.05) is 17.0 Å². The van der Waals surface area contributed by atoms with E-state index in [9.17, 15) is 4.79 Å². The highest BCUT2D eigenvalue weighted by molar-refractivity contribution is 5.90. The lowest BCUT2D eigenvalue weighted by Gasteiger charge is -2.36. The Balaban J connectivity index is 1.43. The number of ether oxygens (including phenoxy) is 1. The van der Waals surface area contributed by atoms with Gasteiger partial charge in [0.05, 0.1) is 13.5 Å². The molecule has 1 aliphatic rings. The molecule has 5 heteroatoms. The van der Waals surface area contributed by atoms with Crippen LogP contribution in [0.3, 0.4) is 0 Å². The summed E-state index contributed by atoms with van der Waals surface area (Å²) in [6, 6.07) is 14.5. The molecule has 0 bridgehead atoms. The van der Waals surface area contributed by atoms with E-state index < -0.39 is 0 Å². The number of aromatic amines is 1. The van der Waals surface area contributed by atoms with Crippen LogP contribution in [0.15, 0.2) is 42.5 Å². The van der Waals surface area contributed by atoms with E-state index >= 15 is 0 Å². The number of aromatic nitrogens is 1. The van der Waals surface area contributed by atoms with E-state index in [0.717, 1.165) is 54.4 Å². The molecule has 1 amide bonds. The molecule has 0 aliphatic carbocycles. The van der Waals surface area contributed by atoms with Gasteiger partial charge in [0.25, 0.3) is 0 Å². The number of fused-ring (bicyclic) bond motifs is 1. The third-order valence-electron chi connectivity index (χ3n) is 5.65. The summed E-state index contributed by atoms with van der Waals surface area (Å²) in [5.41, 5.74) is 5.68. The van der Waals surface area contributed by atoms with Crippen LogP contribution >= 0.6 is 0 Å². The molecule has 5 nitrogen and oxygen atoms in total. The minimum absolute atomic E-state index is 0.204. The number of amides is 1. The van der Waals surface area contributed by atoms with Crippen molar-refractivity contribution in [1.29, 1.82) is 0 Å². The van der Waals surface area contributed by atoms with Crippen LogP contribution < -0.4 is 9.64 Å². The van der Waals surface area contributed by atoms with Gasteiger partial charge in [-0.15, -0.1) is 0 Å². The van der Waals surface area contributed by atoms with Crippen molar-refractivity contribution in [3.05, 3.63) is 59.3 Å². The molecule has 0 unspecified atom stereocenters. The van der Waals surface area contributed by atoms with Gasteiger partial charge in [-0.05, 0) is 43.7 Å². The normalized spacial score (nSPS) is 14.5. The zero-order chi connectivity index (χ0) is 19.7. The maximum Gasteiger partial charge on any atom is 0.227 e. The number of benzene rings is 2. The molecule has 1 aromatic heterocycles. The molecule has 1 fully saturated rings. The van der Waals surface area contributed by atoms with E-state index in [1.165, 1.54) is 10.9 Å². The van der Waals surface area contributed by atoms with Crippen molar-refractivity contribution in [3.63, 3.8) is 0 Å². The lowest BCUT2D eigenvalue weighted by Crippen LogP contribution is -2.49. The molecule has 0 spiro atoms. The minimum Gasteiger partial charge on any atom is -0.497 e. The molecule has 4 rings (SSSR count). The van der Waals surface area contributed by atoms with Crippen LogP contribution in [0, 0.1) is 13.8 Å². The highest BCUT2D eigenvalue weighted by Gasteiger charge is 2.23. The van der Waals surface area contributed by atoms with Gasteiger partial charge in [-0.25, -0.2) is 0 Å². The number of H-pyrrole nitrogens is 1. The van der Waals surface area contributed by atoms with Gasteiger partial charge in [0.2, 0.25) is 5.91 Å². The van der Waals surface area contributed by atoms with Crippen LogP contribution in [0.1, 0.15) is 16.8 Å². The Morgan fingerprint density at radius 3 is 2.61 bits per heavy atom. The topological polar surface area (TPSA) is 48.6 Å². The van der Waals surface area contributed by atoms with Crippen LogP contribution in [0.2, 0.25) is 0 Å². The number of methoxy groups -OCH3 is 1. The first kappa shape index (κ1) is 18.4. The molecular formula is C23H27N3O2. The molecule has 3 aromatic rings. The predicted octanol–water partition coefficient (Wildman–Crippen LogP) is 3.68. The molecule has 1 aliphatic heterocycles. The Labute approximate surface area is 165 Å². The minimum atomic E-state index is 0.204. The summed E-state index contributed by atoms with van der Waals surface area (Å²) >= 11 is 0. The Kier molecular flexibility index (Phi) is 4.99. The monoisotopic (exact) mass is 377 g/mol. The number of hydrogen-bond acceptors (Lipinski definition) is 3. The number of carbonyl (C=O) groups is 1. The number of aryl methyl sites for hydroxylation is 2. The Morgan fingerprint density at radius 1 is 1.07 bits per heavy atom. The third-order valence-corrected chi connectivity index (χ3v) is 5.65. The molecule has 0 saturated carbocycles. The Morgan fingerprint density at radius 2 is 1.86 bits per heavy atom. The van der Waals surface area contributed by atoms with Gasteiger partial charge in [0, 0.05) is 54.5 Å². The molecule has 146 valence electrons. The lowest BCUT2D eigenvalue weighted by molar-refractivity contribution is -0.130. The van der Waals surface area contributed by atoms with Crippen molar-refractivity contribution in [3.8, 4) is 5.75 Å². The van der Waals surface area contributed by atoms with Gasteiger partial charge in [0.1, 0.15) is 5.75 Å². The Hall–Kier alpha value is -2.95. The fourth-order valence-corrected chi connectivity index (χ4v) is 4.01. The zero-order valence-electron chi connectivity index (χ0n) is 16.8. The molecule has 0 radical (unpaired) electrons. The Bertz CT molecular complexity index is 1000. The second-order valence-corrected chi connectivity index (χ2v) is 7.52. The van der Waals surface area contributed by atoms with E-state index in [1.54, 1.807) is 7.11 Å². The number of nitrogens with zero attached hydrogens (tertiary/aromatic N) is 2. The van der Waals surface area contributed by atoms with Crippen molar-refractivity contribution in [2.45, 2.75) is 20.3 Å². The highest BCUT2D eigenvalue weighted by Crippen LogP contribution is 2.25. The number of hydrogen-bond donors (Lipinski definition) is 1. The zero-order valence-corrected chi connectivity index (χ0v) is 16.8. The summed E-state index contributed by atoms with van der Waals surface area (Å²) in [4.78, 5) is 20.7. The van der Waals surface area contributed by atoms with Crippen LogP contribution in [0.25, 0.3) is 10.9 Å². The molecule has 0 atom stereocenters. The highest BCUT2D eigenvalue weighted by atomic mass is 16.5. The smallest absolute Gasteiger partial charge is 0.227 e. The third kappa shape index (κ3) is 3.57. The number of piperazine rings is 1. The number of anilines is 1. The average Bonchev–Trinajstić information content (AvgIpc) is 3.02. The summed E-state index contributed by atoms with van der Waals surface area (Å²) in [5.74, 6) is 1.07. The quantitative estimate of drug-likeness (QED) is 0.754. The van der Waals surface area contributed by atoms with E-state index in [0.29, 0.717) is 6.42 Å². The van der Waals surface area contributed by atoms with Crippen molar-refractivity contribution in [1.82, 2.24) is 9.88 Å². The van der Waals surface area contributed by atoms with Gasteiger partial charge in [0.15, 0.2) is 0 Å². The maximum absolute atomic E-state index is 13.0. The molecule has 28 heavy (non-hydrogen) atoms. The summed E-state index contributed by atoms with van der Waals surface area (Å²) < 4.78 is 5.32. The van der Waals surface area contributed by atoms with Crippen molar-refractivity contribution < 1.29 is 9.53 Å². The second-order valence-electron chi connectivity index (χ2n) is 7.52. The fraction of sp³-hybridized carbons (Fsp3) is 0.348. The SMILES string of the molecule is COc1cccc(N2CCN(C(=O)Cc3c(C)[nH]c4ccc(C)cc34)CC2)c1. The van der Waals surface area contributed by atoms with E-state index in [-0.39, 0.29) is 5.91 Å². The first-order valence-electron chi connectivity index (χ1n) is 9.80. The molecule has 1 N–H and O–H groups in total. The largest absolute Gasteiger partial charge is 0.497 e. The maximum atomic E-state index is 13.0. The predicted molar refractivity (Wildman–Crippen MR) is 113 cm³/mol. The van der Waals surface area contributed by atoms with Gasteiger partial charge < -0.3 is 19.5 Å². The number of carbonyl (C=O) groups excluding carboxylic acids is 1. The van der Waals surface area contributed by atoms with Crippen LogP contribution in [-0.4, -0.2) is 49.1 Å². The summed E-state index contributed by atoms with van der Waals surface area (Å²) in [6.45, 7) is 7.31. The molecule has 2 aromatic carbocycles. The van der Waals surface area contributed by atoms with Gasteiger partial charge in [-0.2, -0.15) is 0 Å². The van der Waals surface area contributed by atoms with Gasteiger partial charge in [-0.3, -0.25) is 4.79 Å². The van der Waals surface area contributed by atoms with E-state index in [2.05, 4.69) is 54.1 Å². The molecular weight excluding hydrogens is 350 g/mol. The standard InChI is InChI=1S/C23H27N3O2/c1-16-7-8-22-21(13-16)20(17(2)24-22)15-23(27)26-11-9-25(10-12-26)18-5-4-6-19(14-18)28-3/h4-8,13-14,24H,9-12,15H2,1-3H3. The molecule has 1 saturated heterocycles. The van der Waals surface area contributed by atoms with Crippen molar-refractivity contribution in [2.75, 3.05) is 38.2 Å². The van der Waals surface area contributed by atoms with Crippen molar-refractivity contribution >= 4 is 22.5 Å². The number of nitrogens with one attached hydrogen (secondary N) is 1. The van der Waals surface area contributed by atoms with Crippen LogP contribution in [0.5, 0.6) is 5.75 Å². The van der Waals surface area contributed by atoms with Gasteiger partial charge >= 0.3 is 0 Å². The van der Waals surface area contributed by atoms with E-state index in [4.69, 9.17) is 4.74 Å². The first-order valence-corrected chi connectivity index (χ1v) is 9.80. The number of rotatable bonds is 4. The van der Waals surface area contributed by atoms with Gasteiger partial charge in [-0.1, -0.05) is 17.7 Å². The fourth-order valence-electron chi connectivity index (χ4n) is 4.01. The van der Waals surface area contributed by atoms with Crippen molar-refractivity contribution in [2.24, 2.45) is 0 Å². The summed E-state index contributed by atoms with van der Waals surface area (Å²) in [6.07, 6.45) is 0.453. The first-order chi connectivity index (χ1) is 13.5. The summed E-state index contributed by atoms with van der Waals surface area (Å²) in [5, 5.41) is 1.17. The lowest BCUT2D eigenvalue weighted by atomic mass is 10.0. The summed E-state index contributed by atoms with van der Waals surface area (Å²) in [7, 11) is 1.68.